The summed E-state index contributed by atoms with van der Waals surface area (Å²) in [6.07, 6.45) is 2.25. The Hall–Kier alpha value is -1.96. The van der Waals surface area contributed by atoms with Gasteiger partial charge in [0.2, 0.25) is 0 Å². The molecule has 0 atom stereocenters. The summed E-state index contributed by atoms with van der Waals surface area (Å²) < 4.78 is 11.9. The van der Waals surface area contributed by atoms with Crippen molar-refractivity contribution in [2.24, 2.45) is 0 Å². The molecule has 1 aromatic heterocycles. The molecule has 110 valence electrons. The quantitative estimate of drug-likeness (QED) is 0.625. The van der Waals surface area contributed by atoms with Gasteiger partial charge in [-0.05, 0) is 50.5 Å². The van der Waals surface area contributed by atoms with E-state index in [1.165, 1.54) is 21.9 Å². The fourth-order valence-electron chi connectivity index (χ4n) is 3.05. The summed E-state index contributed by atoms with van der Waals surface area (Å²) in [5.41, 5.74) is 5.71. The largest absolute Gasteiger partial charge is 0.493 e. The van der Waals surface area contributed by atoms with Gasteiger partial charge in [-0.25, -0.2) is 0 Å². The molecule has 0 aliphatic rings. The fourth-order valence-corrected chi connectivity index (χ4v) is 3.05. The van der Waals surface area contributed by atoms with Crippen molar-refractivity contribution in [2.75, 3.05) is 6.61 Å². The van der Waals surface area contributed by atoms with E-state index in [1.54, 1.807) is 0 Å². The molecule has 2 nitrogen and oxygen atoms in total. The molecule has 2 heteroatoms. The van der Waals surface area contributed by atoms with Gasteiger partial charge in [0, 0.05) is 16.3 Å². The van der Waals surface area contributed by atoms with Crippen LogP contribution in [0.2, 0.25) is 0 Å². The SMILES string of the molecule is CCCc1ccc2c(oc3c(C)c(OCC)ccc32)c1C. The van der Waals surface area contributed by atoms with E-state index in [4.69, 9.17) is 9.15 Å². The van der Waals surface area contributed by atoms with Crippen molar-refractivity contribution < 1.29 is 9.15 Å². The minimum Gasteiger partial charge on any atom is -0.493 e. The van der Waals surface area contributed by atoms with Gasteiger partial charge >= 0.3 is 0 Å². The summed E-state index contributed by atoms with van der Waals surface area (Å²) >= 11 is 0. The Balaban J connectivity index is 2.28. The third kappa shape index (κ3) is 2.19. The van der Waals surface area contributed by atoms with Crippen LogP contribution in [0.3, 0.4) is 0 Å². The monoisotopic (exact) mass is 282 g/mol. The molecular weight excluding hydrogens is 260 g/mol. The molecule has 0 saturated carbocycles. The highest BCUT2D eigenvalue weighted by atomic mass is 16.5. The van der Waals surface area contributed by atoms with Crippen LogP contribution in [0.1, 0.15) is 37.0 Å². The Kier molecular flexibility index (Phi) is 3.62. The smallest absolute Gasteiger partial charge is 0.142 e. The van der Waals surface area contributed by atoms with Crippen molar-refractivity contribution >= 4 is 21.9 Å². The summed E-state index contributed by atoms with van der Waals surface area (Å²) in [6, 6.07) is 8.59. The zero-order valence-electron chi connectivity index (χ0n) is 13.2. The van der Waals surface area contributed by atoms with Crippen molar-refractivity contribution in [1.82, 2.24) is 0 Å². The van der Waals surface area contributed by atoms with Gasteiger partial charge in [0.1, 0.15) is 16.9 Å². The van der Waals surface area contributed by atoms with Crippen LogP contribution in [0, 0.1) is 13.8 Å². The van der Waals surface area contributed by atoms with E-state index in [9.17, 15) is 0 Å². The standard InChI is InChI=1S/C19H22O2/c1-5-7-14-8-9-15-16-10-11-17(20-6-2)13(4)19(16)21-18(15)12(14)3/h8-11H,5-7H2,1-4H3. The van der Waals surface area contributed by atoms with Crippen LogP contribution in [0.4, 0.5) is 0 Å². The summed E-state index contributed by atoms with van der Waals surface area (Å²) in [5.74, 6) is 0.912. The van der Waals surface area contributed by atoms with Gasteiger partial charge in [0.15, 0.2) is 0 Å². The molecule has 0 spiro atoms. The van der Waals surface area contributed by atoms with Gasteiger partial charge in [-0.15, -0.1) is 0 Å². The molecule has 0 radical (unpaired) electrons. The summed E-state index contributed by atoms with van der Waals surface area (Å²) in [6.45, 7) is 9.11. The Bertz CT molecular complexity index is 730. The third-order valence-electron chi connectivity index (χ3n) is 4.19. The van der Waals surface area contributed by atoms with E-state index in [0.717, 1.165) is 35.3 Å². The lowest BCUT2D eigenvalue weighted by Gasteiger charge is -2.06. The maximum Gasteiger partial charge on any atom is 0.142 e. The molecule has 0 saturated heterocycles. The Morgan fingerprint density at radius 1 is 0.905 bits per heavy atom. The molecular formula is C19H22O2. The minimum absolute atomic E-state index is 0.673. The molecule has 3 rings (SSSR count). The van der Waals surface area contributed by atoms with Crippen LogP contribution in [-0.4, -0.2) is 6.61 Å². The van der Waals surface area contributed by atoms with Crippen LogP contribution in [0.25, 0.3) is 21.9 Å². The first kappa shape index (κ1) is 14.0. The van der Waals surface area contributed by atoms with Gasteiger partial charge < -0.3 is 9.15 Å². The van der Waals surface area contributed by atoms with Crippen molar-refractivity contribution in [3.63, 3.8) is 0 Å². The number of hydrogen-bond donors (Lipinski definition) is 0. The molecule has 0 amide bonds. The average molecular weight is 282 g/mol. The lowest BCUT2D eigenvalue weighted by molar-refractivity contribution is 0.338. The van der Waals surface area contributed by atoms with E-state index < -0.39 is 0 Å². The van der Waals surface area contributed by atoms with Gasteiger partial charge in [-0.1, -0.05) is 25.5 Å². The first-order chi connectivity index (χ1) is 10.2. The predicted octanol–water partition coefficient (Wildman–Crippen LogP) is 5.55. The molecule has 2 aromatic carbocycles. The maximum absolute atomic E-state index is 6.21. The highest BCUT2D eigenvalue weighted by Crippen LogP contribution is 2.37. The molecule has 0 fully saturated rings. The first-order valence-electron chi connectivity index (χ1n) is 7.74. The van der Waals surface area contributed by atoms with Gasteiger partial charge in [0.05, 0.1) is 6.61 Å². The lowest BCUT2D eigenvalue weighted by atomic mass is 10.0. The molecule has 1 heterocycles. The Morgan fingerprint density at radius 2 is 1.57 bits per heavy atom. The second-order valence-electron chi connectivity index (χ2n) is 5.58. The molecule has 21 heavy (non-hydrogen) atoms. The van der Waals surface area contributed by atoms with Crippen LogP contribution in [0.5, 0.6) is 5.75 Å². The van der Waals surface area contributed by atoms with E-state index in [2.05, 4.69) is 39.0 Å². The third-order valence-corrected chi connectivity index (χ3v) is 4.19. The van der Waals surface area contributed by atoms with Gasteiger partial charge in [-0.2, -0.15) is 0 Å². The molecule has 0 unspecified atom stereocenters. The number of furan rings is 1. The van der Waals surface area contributed by atoms with Crippen LogP contribution >= 0.6 is 0 Å². The highest BCUT2D eigenvalue weighted by Gasteiger charge is 2.15. The normalized spacial score (nSPS) is 11.4. The second kappa shape index (κ2) is 5.44. The molecule has 0 bridgehead atoms. The highest BCUT2D eigenvalue weighted by molar-refractivity contribution is 6.07. The summed E-state index contributed by atoms with van der Waals surface area (Å²) in [7, 11) is 0. The van der Waals surface area contributed by atoms with Crippen molar-refractivity contribution in [1.29, 1.82) is 0 Å². The Morgan fingerprint density at radius 3 is 2.24 bits per heavy atom. The number of hydrogen-bond acceptors (Lipinski definition) is 2. The van der Waals surface area contributed by atoms with Crippen molar-refractivity contribution in [2.45, 2.75) is 40.5 Å². The number of ether oxygens (including phenoxy) is 1. The zero-order chi connectivity index (χ0) is 15.0. The molecule has 0 aliphatic carbocycles. The number of aryl methyl sites for hydroxylation is 3. The lowest BCUT2D eigenvalue weighted by Crippen LogP contribution is -1.93. The van der Waals surface area contributed by atoms with Crippen molar-refractivity contribution in [3.05, 3.63) is 41.0 Å². The number of fused-ring (bicyclic) bond motifs is 3. The molecule has 3 aromatic rings. The average Bonchev–Trinajstić information content (AvgIpc) is 2.86. The van der Waals surface area contributed by atoms with Crippen LogP contribution in [0.15, 0.2) is 28.7 Å². The number of benzene rings is 2. The minimum atomic E-state index is 0.673. The molecule has 0 N–H and O–H groups in total. The van der Waals surface area contributed by atoms with Crippen LogP contribution in [-0.2, 0) is 6.42 Å². The first-order valence-corrected chi connectivity index (χ1v) is 7.74. The summed E-state index contributed by atoms with van der Waals surface area (Å²) in [4.78, 5) is 0. The fraction of sp³-hybridized carbons (Fsp3) is 0.368. The van der Waals surface area contributed by atoms with Gasteiger partial charge in [0.25, 0.3) is 0 Å². The van der Waals surface area contributed by atoms with E-state index >= 15 is 0 Å². The predicted molar refractivity (Wildman–Crippen MR) is 88.4 cm³/mol. The van der Waals surface area contributed by atoms with Crippen molar-refractivity contribution in [3.8, 4) is 5.75 Å². The summed E-state index contributed by atoms with van der Waals surface area (Å²) in [5, 5.41) is 2.38. The Labute approximate surface area is 125 Å². The van der Waals surface area contributed by atoms with E-state index in [-0.39, 0.29) is 0 Å². The maximum atomic E-state index is 6.21. The van der Waals surface area contributed by atoms with Gasteiger partial charge in [-0.3, -0.25) is 0 Å². The van der Waals surface area contributed by atoms with Crippen LogP contribution < -0.4 is 4.74 Å². The van der Waals surface area contributed by atoms with E-state index in [0.29, 0.717) is 6.61 Å². The number of rotatable bonds is 4. The van der Waals surface area contributed by atoms with E-state index in [1.807, 2.05) is 13.0 Å². The molecule has 0 aliphatic heterocycles. The zero-order valence-corrected chi connectivity index (χ0v) is 13.2. The second-order valence-corrected chi connectivity index (χ2v) is 5.58. The topological polar surface area (TPSA) is 22.4 Å².